The van der Waals surface area contributed by atoms with Gasteiger partial charge in [-0.25, -0.2) is 0 Å². The van der Waals surface area contributed by atoms with Gasteiger partial charge in [0.05, 0.1) is 17.0 Å². The number of hydrogen-bond donors (Lipinski definition) is 0. The molecule has 7 heteroatoms. The lowest BCUT2D eigenvalue weighted by Gasteiger charge is -2.27. The van der Waals surface area contributed by atoms with E-state index in [4.69, 9.17) is 37.4 Å². The topological polar surface area (TPSA) is 44.8 Å². The molecule has 1 aliphatic rings. The van der Waals surface area contributed by atoms with Gasteiger partial charge < -0.3 is 14.2 Å². The molecule has 0 saturated carbocycles. The number of halogens is 3. The average molecular weight is 426 g/mol. The molecule has 1 heterocycles. The fraction of sp³-hybridized carbons (Fsp3) is 0.562. The number of ether oxygens (including phenoxy) is 3. The van der Waals surface area contributed by atoms with E-state index >= 15 is 0 Å². The Balaban J connectivity index is 1.99. The monoisotopic (exact) mass is 424 g/mol. The van der Waals surface area contributed by atoms with Gasteiger partial charge in [-0.15, -0.1) is 0 Å². The van der Waals surface area contributed by atoms with Crippen LogP contribution in [0.3, 0.4) is 0 Å². The van der Waals surface area contributed by atoms with Gasteiger partial charge in [-0.1, -0.05) is 58.5 Å². The second-order valence-corrected chi connectivity index (χ2v) is 6.75. The third-order valence-electron chi connectivity index (χ3n) is 3.54. The SMILES string of the molecule is CCCCC(=O)OC[C@@H]1CO[C@@](CBr)(c2ccc(Cl)cc2Cl)O1. The van der Waals surface area contributed by atoms with Gasteiger partial charge >= 0.3 is 5.97 Å². The highest BCUT2D eigenvalue weighted by Crippen LogP contribution is 2.40. The number of unbranched alkanes of at least 4 members (excludes halogenated alkanes) is 1. The highest BCUT2D eigenvalue weighted by atomic mass is 79.9. The first-order valence-corrected chi connectivity index (χ1v) is 9.37. The molecule has 23 heavy (non-hydrogen) atoms. The van der Waals surface area contributed by atoms with Gasteiger partial charge in [0.25, 0.3) is 0 Å². The summed E-state index contributed by atoms with van der Waals surface area (Å²) in [6.07, 6.45) is 1.88. The van der Waals surface area contributed by atoms with Crippen molar-refractivity contribution in [1.82, 2.24) is 0 Å². The number of hydrogen-bond acceptors (Lipinski definition) is 4. The molecule has 1 fully saturated rings. The number of alkyl halides is 1. The quantitative estimate of drug-likeness (QED) is 0.469. The van der Waals surface area contributed by atoms with Crippen LogP contribution in [0, 0.1) is 0 Å². The number of rotatable bonds is 7. The fourth-order valence-electron chi connectivity index (χ4n) is 2.31. The molecule has 0 bridgehead atoms. The van der Waals surface area contributed by atoms with Crippen LogP contribution in [0.4, 0.5) is 0 Å². The largest absolute Gasteiger partial charge is 0.463 e. The smallest absolute Gasteiger partial charge is 0.305 e. The summed E-state index contributed by atoms with van der Waals surface area (Å²) in [5.41, 5.74) is 0.695. The Morgan fingerprint density at radius 3 is 2.91 bits per heavy atom. The number of carbonyl (C=O) groups excluding carboxylic acids is 1. The zero-order chi connectivity index (χ0) is 16.9. The molecule has 128 valence electrons. The van der Waals surface area contributed by atoms with Crippen LogP contribution in [-0.4, -0.2) is 30.6 Å². The summed E-state index contributed by atoms with van der Waals surface area (Å²) in [5, 5.41) is 1.42. The first kappa shape index (κ1) is 19.0. The zero-order valence-electron chi connectivity index (χ0n) is 12.8. The van der Waals surface area contributed by atoms with E-state index < -0.39 is 5.79 Å². The molecule has 2 atom stereocenters. The van der Waals surface area contributed by atoms with Crippen LogP contribution < -0.4 is 0 Å². The van der Waals surface area contributed by atoms with Crippen LogP contribution in [-0.2, 0) is 24.8 Å². The van der Waals surface area contributed by atoms with Crippen molar-refractivity contribution in [3.05, 3.63) is 33.8 Å². The molecule has 1 aromatic carbocycles. The predicted molar refractivity (Wildman–Crippen MR) is 93.2 cm³/mol. The van der Waals surface area contributed by atoms with E-state index in [0.717, 1.165) is 12.8 Å². The van der Waals surface area contributed by atoms with Gasteiger partial charge in [-0.2, -0.15) is 0 Å². The van der Waals surface area contributed by atoms with Crippen LogP contribution in [0.25, 0.3) is 0 Å². The molecule has 0 aliphatic carbocycles. The first-order chi connectivity index (χ1) is 11.0. The van der Waals surface area contributed by atoms with Crippen molar-refractivity contribution in [1.29, 1.82) is 0 Å². The first-order valence-electron chi connectivity index (χ1n) is 7.49. The lowest BCUT2D eigenvalue weighted by molar-refractivity contribution is -0.168. The summed E-state index contributed by atoms with van der Waals surface area (Å²) in [4.78, 5) is 11.6. The Morgan fingerprint density at radius 1 is 1.48 bits per heavy atom. The fourth-order valence-corrected chi connectivity index (χ4v) is 3.46. The summed E-state index contributed by atoms with van der Waals surface area (Å²) in [6, 6.07) is 5.16. The molecule has 0 spiro atoms. The van der Waals surface area contributed by atoms with Crippen molar-refractivity contribution in [3.8, 4) is 0 Å². The number of esters is 1. The minimum Gasteiger partial charge on any atom is -0.463 e. The van der Waals surface area contributed by atoms with Gasteiger partial charge in [0.2, 0.25) is 5.79 Å². The maximum Gasteiger partial charge on any atom is 0.305 e. The van der Waals surface area contributed by atoms with E-state index in [2.05, 4.69) is 15.9 Å². The van der Waals surface area contributed by atoms with Gasteiger partial charge in [-0.3, -0.25) is 4.79 Å². The molecular weight excluding hydrogens is 407 g/mol. The minimum atomic E-state index is -0.998. The lowest BCUT2D eigenvalue weighted by atomic mass is 10.1. The molecule has 4 nitrogen and oxygen atoms in total. The Labute approximate surface area is 154 Å². The molecule has 0 unspecified atom stereocenters. The van der Waals surface area contributed by atoms with E-state index in [1.54, 1.807) is 18.2 Å². The van der Waals surface area contributed by atoms with Gasteiger partial charge in [0.1, 0.15) is 12.7 Å². The predicted octanol–water partition coefficient (Wildman–Crippen LogP) is 4.69. The second kappa shape index (κ2) is 8.67. The third-order valence-corrected chi connectivity index (χ3v) is 4.83. The minimum absolute atomic E-state index is 0.169. The van der Waals surface area contributed by atoms with Crippen molar-refractivity contribution in [2.24, 2.45) is 0 Å². The van der Waals surface area contributed by atoms with Gasteiger partial charge in [-0.05, 0) is 18.6 Å². The van der Waals surface area contributed by atoms with Crippen LogP contribution >= 0.6 is 39.1 Å². The van der Waals surface area contributed by atoms with Crippen molar-refractivity contribution in [2.45, 2.75) is 38.1 Å². The second-order valence-electron chi connectivity index (χ2n) is 5.35. The maximum absolute atomic E-state index is 11.6. The summed E-state index contributed by atoms with van der Waals surface area (Å²) in [6.45, 7) is 2.52. The zero-order valence-corrected chi connectivity index (χ0v) is 15.9. The Morgan fingerprint density at radius 2 is 2.26 bits per heavy atom. The van der Waals surface area contributed by atoms with Crippen LogP contribution in [0.2, 0.25) is 10.0 Å². The Kier molecular flexibility index (Phi) is 7.17. The lowest BCUT2D eigenvalue weighted by Crippen LogP contribution is -2.31. The van der Waals surface area contributed by atoms with Crippen molar-refractivity contribution in [2.75, 3.05) is 18.5 Å². The molecule has 0 N–H and O–H groups in total. The maximum atomic E-state index is 11.6. The molecule has 0 radical (unpaired) electrons. The van der Waals surface area contributed by atoms with Crippen molar-refractivity contribution < 1.29 is 19.0 Å². The Bertz CT molecular complexity index is 555. The van der Waals surface area contributed by atoms with Gasteiger partial charge in [0, 0.05) is 17.0 Å². The van der Waals surface area contributed by atoms with Gasteiger partial charge in [0.15, 0.2) is 0 Å². The molecule has 1 aromatic rings. The van der Waals surface area contributed by atoms with E-state index in [9.17, 15) is 4.79 Å². The normalized spacial score (nSPS) is 23.9. The summed E-state index contributed by atoms with van der Waals surface area (Å²) >= 11 is 15.6. The molecule has 0 amide bonds. The van der Waals surface area contributed by atoms with E-state index in [1.807, 2.05) is 6.92 Å². The van der Waals surface area contributed by atoms with Crippen LogP contribution in [0.15, 0.2) is 18.2 Å². The average Bonchev–Trinajstić information content (AvgIpc) is 2.95. The standard InChI is InChI=1S/C16H19BrCl2O4/c1-2-3-4-15(20)21-8-12-9-22-16(10-17,23-12)13-6-5-11(18)7-14(13)19/h5-7,12H,2-4,8-10H2,1H3/t12-,16-/m1/s1. The third kappa shape index (κ3) is 4.83. The highest BCUT2D eigenvalue weighted by molar-refractivity contribution is 9.09. The summed E-state index contributed by atoms with van der Waals surface area (Å²) in [7, 11) is 0. The van der Waals surface area contributed by atoms with Crippen LogP contribution in [0.5, 0.6) is 0 Å². The van der Waals surface area contributed by atoms with Crippen molar-refractivity contribution in [3.63, 3.8) is 0 Å². The van der Waals surface area contributed by atoms with E-state index in [0.29, 0.717) is 34.0 Å². The molecule has 0 aromatic heterocycles. The van der Waals surface area contributed by atoms with Crippen LogP contribution in [0.1, 0.15) is 31.7 Å². The summed E-state index contributed by atoms with van der Waals surface area (Å²) in [5.74, 6) is -1.21. The molecular formula is C16H19BrCl2O4. The van der Waals surface area contributed by atoms with E-state index in [1.165, 1.54) is 0 Å². The highest BCUT2D eigenvalue weighted by Gasteiger charge is 2.44. The number of benzene rings is 1. The van der Waals surface area contributed by atoms with Crippen molar-refractivity contribution >= 4 is 45.1 Å². The Hall–Kier alpha value is -0.330. The molecule has 1 saturated heterocycles. The number of carbonyl (C=O) groups is 1. The molecule has 2 rings (SSSR count). The van der Waals surface area contributed by atoms with E-state index in [-0.39, 0.29) is 18.7 Å². The summed E-state index contributed by atoms with van der Waals surface area (Å²) < 4.78 is 17.1. The molecule has 1 aliphatic heterocycles.